The predicted octanol–water partition coefficient (Wildman–Crippen LogP) is 6.70. The van der Waals surface area contributed by atoms with E-state index < -0.39 is 11.6 Å². The van der Waals surface area contributed by atoms with Crippen molar-refractivity contribution in [3.8, 4) is 0 Å². The first-order valence-electron chi connectivity index (χ1n) is 10.1. The molecule has 2 amide bonds. The summed E-state index contributed by atoms with van der Waals surface area (Å²) in [6.07, 6.45) is 2.24. The summed E-state index contributed by atoms with van der Waals surface area (Å²) in [4.78, 5) is 17.9. The molecule has 0 aliphatic rings. The van der Waals surface area contributed by atoms with Gasteiger partial charge in [-0.2, -0.15) is 0 Å². The first kappa shape index (κ1) is 21.9. The van der Waals surface area contributed by atoms with Gasteiger partial charge in [0, 0.05) is 28.4 Å². The molecule has 0 radical (unpaired) electrons. The van der Waals surface area contributed by atoms with Gasteiger partial charge in [0.05, 0.1) is 5.69 Å². The molecule has 0 saturated heterocycles. The second kappa shape index (κ2) is 9.86. The Morgan fingerprint density at radius 3 is 2.06 bits per heavy atom. The number of nitrogens with one attached hydrogen (secondary N) is 2. The molecular weight excluding hydrogens is 441 g/mol. The van der Waals surface area contributed by atoms with Crippen molar-refractivity contribution in [3.05, 3.63) is 130 Å². The zero-order chi connectivity index (χ0) is 22.4. The van der Waals surface area contributed by atoms with Crippen LogP contribution in [0.4, 0.5) is 10.5 Å². The van der Waals surface area contributed by atoms with Crippen LogP contribution < -0.4 is 10.6 Å². The van der Waals surface area contributed by atoms with E-state index in [0.717, 1.165) is 16.8 Å². The SMILES string of the molecule is O=C(Nc1cc(Cl)cc(Cl)c1)NC(Cc1ccccc1)(c1ccccc1)c1ccccn1. The highest BCUT2D eigenvalue weighted by molar-refractivity contribution is 6.35. The Morgan fingerprint density at radius 2 is 1.44 bits per heavy atom. The van der Waals surface area contributed by atoms with Crippen molar-refractivity contribution >= 4 is 34.9 Å². The fraction of sp³-hybridized carbons (Fsp3) is 0.0769. The van der Waals surface area contributed by atoms with Crippen LogP contribution in [0.5, 0.6) is 0 Å². The third-order valence-corrected chi connectivity index (χ3v) is 5.56. The Labute approximate surface area is 197 Å². The molecule has 4 aromatic rings. The van der Waals surface area contributed by atoms with Crippen molar-refractivity contribution in [2.24, 2.45) is 0 Å². The zero-order valence-corrected chi connectivity index (χ0v) is 18.6. The van der Waals surface area contributed by atoms with Crippen molar-refractivity contribution in [1.82, 2.24) is 10.3 Å². The van der Waals surface area contributed by atoms with Gasteiger partial charge in [0.2, 0.25) is 0 Å². The zero-order valence-electron chi connectivity index (χ0n) is 17.1. The molecule has 1 unspecified atom stereocenters. The monoisotopic (exact) mass is 461 g/mol. The number of halogens is 2. The Kier molecular flexibility index (Phi) is 6.74. The van der Waals surface area contributed by atoms with Crippen LogP contribution in [0.3, 0.4) is 0 Å². The summed E-state index contributed by atoms with van der Waals surface area (Å²) in [7, 11) is 0. The standard InChI is InChI=1S/C26H21Cl2N3O/c27-21-15-22(28)17-23(16-21)30-25(32)31-26(20-11-5-2-6-12-20,24-13-7-8-14-29-24)18-19-9-3-1-4-10-19/h1-17H,18H2,(H2,30,31,32). The molecule has 0 bridgehead atoms. The number of carbonyl (C=O) groups excluding carboxylic acids is 1. The van der Waals surface area contributed by atoms with Crippen LogP contribution in [0.15, 0.2) is 103 Å². The summed E-state index contributed by atoms with van der Waals surface area (Å²) in [5, 5.41) is 6.94. The largest absolute Gasteiger partial charge is 0.322 e. The number of nitrogens with zero attached hydrogens (tertiary/aromatic N) is 1. The quantitative estimate of drug-likeness (QED) is 0.335. The van der Waals surface area contributed by atoms with Crippen molar-refractivity contribution in [2.45, 2.75) is 12.0 Å². The average Bonchev–Trinajstić information content (AvgIpc) is 2.80. The van der Waals surface area contributed by atoms with Crippen LogP contribution >= 0.6 is 23.2 Å². The van der Waals surface area contributed by atoms with Crippen LogP contribution in [0.1, 0.15) is 16.8 Å². The molecule has 2 N–H and O–H groups in total. The van der Waals surface area contributed by atoms with Gasteiger partial charge in [-0.25, -0.2) is 4.79 Å². The summed E-state index contributed by atoms with van der Waals surface area (Å²) < 4.78 is 0. The van der Waals surface area contributed by atoms with E-state index in [4.69, 9.17) is 23.2 Å². The number of amides is 2. The Hall–Kier alpha value is -3.34. The van der Waals surface area contributed by atoms with Crippen LogP contribution in [0.2, 0.25) is 10.0 Å². The van der Waals surface area contributed by atoms with Gasteiger partial charge in [-0.1, -0.05) is 89.9 Å². The maximum Gasteiger partial charge on any atom is 0.320 e. The van der Waals surface area contributed by atoms with Gasteiger partial charge in [-0.3, -0.25) is 4.98 Å². The van der Waals surface area contributed by atoms with Gasteiger partial charge >= 0.3 is 6.03 Å². The second-order valence-electron chi connectivity index (χ2n) is 7.39. The van der Waals surface area contributed by atoms with E-state index in [1.54, 1.807) is 24.4 Å². The molecule has 1 atom stereocenters. The maximum atomic E-state index is 13.3. The third-order valence-electron chi connectivity index (χ3n) is 5.13. The third kappa shape index (κ3) is 5.10. The minimum absolute atomic E-state index is 0.395. The van der Waals surface area contributed by atoms with Gasteiger partial charge in [-0.15, -0.1) is 0 Å². The molecule has 0 saturated carbocycles. The lowest BCUT2D eigenvalue weighted by molar-refractivity contribution is 0.241. The number of pyridine rings is 1. The molecule has 0 spiro atoms. The normalized spacial score (nSPS) is 12.6. The predicted molar refractivity (Wildman–Crippen MR) is 130 cm³/mol. The fourth-order valence-corrected chi connectivity index (χ4v) is 4.27. The lowest BCUT2D eigenvalue weighted by atomic mass is 9.80. The van der Waals surface area contributed by atoms with Crippen LogP contribution in [0.25, 0.3) is 0 Å². The van der Waals surface area contributed by atoms with Crippen LogP contribution in [-0.4, -0.2) is 11.0 Å². The van der Waals surface area contributed by atoms with Crippen molar-refractivity contribution in [1.29, 1.82) is 0 Å². The van der Waals surface area contributed by atoms with Gasteiger partial charge in [0.1, 0.15) is 5.54 Å². The summed E-state index contributed by atoms with van der Waals surface area (Å²) >= 11 is 12.2. The van der Waals surface area contributed by atoms with Gasteiger partial charge in [-0.05, 0) is 41.5 Å². The fourth-order valence-electron chi connectivity index (χ4n) is 3.74. The lowest BCUT2D eigenvalue weighted by Crippen LogP contribution is -2.50. The molecule has 1 aromatic heterocycles. The minimum atomic E-state index is -0.906. The van der Waals surface area contributed by atoms with E-state index in [1.807, 2.05) is 78.9 Å². The lowest BCUT2D eigenvalue weighted by Gasteiger charge is -2.35. The van der Waals surface area contributed by atoms with E-state index in [1.165, 1.54) is 0 Å². The van der Waals surface area contributed by atoms with E-state index in [0.29, 0.717) is 22.2 Å². The number of anilines is 1. The summed E-state index contributed by atoms with van der Waals surface area (Å²) in [6, 6.07) is 30.1. The molecule has 4 rings (SSSR count). The molecule has 3 aromatic carbocycles. The number of rotatable bonds is 6. The minimum Gasteiger partial charge on any atom is -0.322 e. The summed E-state index contributed by atoms with van der Waals surface area (Å²) in [5.74, 6) is 0. The van der Waals surface area contributed by atoms with Crippen molar-refractivity contribution < 1.29 is 4.79 Å². The van der Waals surface area contributed by atoms with Gasteiger partial charge in [0.15, 0.2) is 0 Å². The Balaban J connectivity index is 1.77. The Morgan fingerprint density at radius 1 is 0.812 bits per heavy atom. The molecule has 160 valence electrons. The molecule has 0 aliphatic heterocycles. The number of hydrogen-bond donors (Lipinski definition) is 2. The van der Waals surface area contributed by atoms with E-state index in [9.17, 15) is 4.79 Å². The topological polar surface area (TPSA) is 54.0 Å². The van der Waals surface area contributed by atoms with E-state index in [-0.39, 0.29) is 0 Å². The van der Waals surface area contributed by atoms with Crippen LogP contribution in [0, 0.1) is 0 Å². The maximum absolute atomic E-state index is 13.3. The molecule has 0 fully saturated rings. The first-order valence-corrected chi connectivity index (χ1v) is 10.9. The first-order chi connectivity index (χ1) is 15.5. The smallest absolute Gasteiger partial charge is 0.320 e. The van der Waals surface area contributed by atoms with Gasteiger partial charge in [0.25, 0.3) is 0 Å². The van der Waals surface area contributed by atoms with E-state index in [2.05, 4.69) is 15.6 Å². The highest BCUT2D eigenvalue weighted by Gasteiger charge is 2.37. The highest BCUT2D eigenvalue weighted by atomic mass is 35.5. The molecule has 1 heterocycles. The molecule has 0 aliphatic carbocycles. The highest BCUT2D eigenvalue weighted by Crippen LogP contribution is 2.33. The number of aromatic nitrogens is 1. The molecule has 4 nitrogen and oxygen atoms in total. The second-order valence-corrected chi connectivity index (χ2v) is 8.26. The molecule has 32 heavy (non-hydrogen) atoms. The van der Waals surface area contributed by atoms with Crippen LogP contribution in [-0.2, 0) is 12.0 Å². The molecule has 6 heteroatoms. The number of benzene rings is 3. The van der Waals surface area contributed by atoms with Gasteiger partial charge < -0.3 is 10.6 Å². The average molecular weight is 462 g/mol. The van der Waals surface area contributed by atoms with E-state index >= 15 is 0 Å². The number of urea groups is 1. The summed E-state index contributed by atoms with van der Waals surface area (Å²) in [5.41, 5.74) is 2.31. The number of hydrogen-bond acceptors (Lipinski definition) is 2. The Bertz CT molecular complexity index is 1130. The summed E-state index contributed by atoms with van der Waals surface area (Å²) in [6.45, 7) is 0. The molecular formula is C26H21Cl2N3O. The van der Waals surface area contributed by atoms with Crippen molar-refractivity contribution in [3.63, 3.8) is 0 Å². The van der Waals surface area contributed by atoms with Crippen molar-refractivity contribution in [2.75, 3.05) is 5.32 Å². The number of carbonyl (C=O) groups is 1.